The van der Waals surface area contributed by atoms with Crippen LogP contribution in [0.25, 0.3) is 0 Å². The van der Waals surface area contributed by atoms with Crippen molar-refractivity contribution in [2.45, 2.75) is 57.7 Å². The van der Waals surface area contributed by atoms with Crippen LogP contribution in [0.5, 0.6) is 0 Å². The smallest absolute Gasteiger partial charge is 0.0779 e. The van der Waals surface area contributed by atoms with Crippen molar-refractivity contribution in [1.82, 2.24) is 0 Å². The van der Waals surface area contributed by atoms with Gasteiger partial charge in [-0.1, -0.05) is 31.9 Å². The number of hydrogen-bond acceptors (Lipinski definition) is 2. The first-order valence-corrected chi connectivity index (χ1v) is 6.09. The van der Waals surface area contributed by atoms with Crippen LogP contribution in [0.1, 0.15) is 46.0 Å². The topological polar surface area (TPSA) is 18.5 Å². The van der Waals surface area contributed by atoms with Crippen LogP contribution >= 0.6 is 0 Å². The summed E-state index contributed by atoms with van der Waals surface area (Å²) >= 11 is 0. The van der Waals surface area contributed by atoms with E-state index in [1.54, 1.807) is 7.11 Å². The van der Waals surface area contributed by atoms with Crippen molar-refractivity contribution in [2.24, 2.45) is 0 Å². The fourth-order valence-electron chi connectivity index (χ4n) is 2.31. The van der Waals surface area contributed by atoms with Gasteiger partial charge in [-0.25, -0.2) is 0 Å². The zero-order valence-electron chi connectivity index (χ0n) is 10.3. The molecule has 0 bridgehead atoms. The van der Waals surface area contributed by atoms with Gasteiger partial charge in [-0.3, -0.25) is 0 Å². The van der Waals surface area contributed by atoms with E-state index < -0.39 is 0 Å². The lowest BCUT2D eigenvalue weighted by Crippen LogP contribution is -2.38. The molecule has 0 radical (unpaired) electrons. The number of unbranched alkanes of at least 4 members (excludes halogenated alkanes) is 1. The highest BCUT2D eigenvalue weighted by atomic mass is 16.5. The molecule has 0 spiro atoms. The van der Waals surface area contributed by atoms with Gasteiger partial charge in [0.05, 0.1) is 11.7 Å². The number of methoxy groups -OCH3 is 1. The molecule has 2 unspecified atom stereocenters. The van der Waals surface area contributed by atoms with Crippen molar-refractivity contribution in [3.8, 4) is 0 Å². The highest BCUT2D eigenvalue weighted by Crippen LogP contribution is 2.33. The Morgan fingerprint density at radius 1 is 1.40 bits per heavy atom. The molecule has 0 aromatic heterocycles. The molecular formula is C13H24O2. The molecule has 0 heterocycles. The minimum absolute atomic E-state index is 0.0419. The van der Waals surface area contributed by atoms with Crippen molar-refractivity contribution in [1.29, 1.82) is 0 Å². The molecule has 0 aromatic carbocycles. The van der Waals surface area contributed by atoms with Gasteiger partial charge in [-0.05, 0) is 19.8 Å². The van der Waals surface area contributed by atoms with Gasteiger partial charge in [-0.15, -0.1) is 0 Å². The minimum Gasteiger partial charge on any atom is -0.377 e. The van der Waals surface area contributed by atoms with Gasteiger partial charge in [0, 0.05) is 20.1 Å². The highest BCUT2D eigenvalue weighted by molar-refractivity contribution is 5.05. The lowest BCUT2D eigenvalue weighted by molar-refractivity contribution is -0.0778. The zero-order valence-corrected chi connectivity index (χ0v) is 10.3. The van der Waals surface area contributed by atoms with E-state index in [1.165, 1.54) is 12.8 Å². The summed E-state index contributed by atoms with van der Waals surface area (Å²) < 4.78 is 11.4. The van der Waals surface area contributed by atoms with Gasteiger partial charge in [0.2, 0.25) is 0 Å². The Labute approximate surface area is 93.7 Å². The minimum atomic E-state index is 0.0419. The van der Waals surface area contributed by atoms with Gasteiger partial charge in [-0.2, -0.15) is 0 Å². The molecule has 0 aliphatic heterocycles. The van der Waals surface area contributed by atoms with Crippen LogP contribution in [0.4, 0.5) is 0 Å². The second-order valence-corrected chi connectivity index (χ2v) is 4.33. The van der Waals surface area contributed by atoms with Crippen molar-refractivity contribution >= 4 is 0 Å². The SMILES string of the molecule is CCCCC1(OCC)CC=CC(OC)C1. The summed E-state index contributed by atoms with van der Waals surface area (Å²) in [6.45, 7) is 5.11. The van der Waals surface area contributed by atoms with E-state index in [0.29, 0.717) is 0 Å². The molecule has 0 amide bonds. The Kier molecular flexibility index (Phi) is 5.34. The van der Waals surface area contributed by atoms with Crippen LogP contribution in [-0.2, 0) is 9.47 Å². The van der Waals surface area contributed by atoms with Crippen LogP contribution in [0.2, 0.25) is 0 Å². The number of ether oxygens (including phenoxy) is 2. The molecule has 0 N–H and O–H groups in total. The fraction of sp³-hybridized carbons (Fsp3) is 0.846. The van der Waals surface area contributed by atoms with E-state index in [-0.39, 0.29) is 11.7 Å². The average molecular weight is 212 g/mol. The van der Waals surface area contributed by atoms with Crippen LogP contribution < -0.4 is 0 Å². The zero-order chi connectivity index (χ0) is 11.1. The highest BCUT2D eigenvalue weighted by Gasteiger charge is 2.33. The van der Waals surface area contributed by atoms with E-state index in [9.17, 15) is 0 Å². The first kappa shape index (κ1) is 12.7. The first-order valence-electron chi connectivity index (χ1n) is 6.09. The number of rotatable bonds is 6. The Morgan fingerprint density at radius 2 is 2.20 bits per heavy atom. The molecule has 0 aromatic rings. The van der Waals surface area contributed by atoms with E-state index in [1.807, 2.05) is 0 Å². The molecule has 88 valence electrons. The average Bonchev–Trinajstić information content (AvgIpc) is 2.27. The maximum atomic E-state index is 5.97. The van der Waals surface area contributed by atoms with Crippen molar-refractivity contribution in [3.63, 3.8) is 0 Å². The molecule has 1 aliphatic rings. The third-order valence-corrected chi connectivity index (χ3v) is 3.15. The molecule has 1 rings (SSSR count). The lowest BCUT2D eigenvalue weighted by Gasteiger charge is -2.37. The third kappa shape index (κ3) is 3.62. The van der Waals surface area contributed by atoms with Crippen molar-refractivity contribution < 1.29 is 9.47 Å². The van der Waals surface area contributed by atoms with Crippen molar-refractivity contribution in [2.75, 3.05) is 13.7 Å². The monoisotopic (exact) mass is 212 g/mol. The Morgan fingerprint density at radius 3 is 2.80 bits per heavy atom. The molecule has 15 heavy (non-hydrogen) atoms. The summed E-state index contributed by atoms with van der Waals surface area (Å²) in [5.74, 6) is 0. The lowest BCUT2D eigenvalue weighted by atomic mass is 9.83. The van der Waals surface area contributed by atoms with E-state index in [4.69, 9.17) is 9.47 Å². The quantitative estimate of drug-likeness (QED) is 0.629. The third-order valence-electron chi connectivity index (χ3n) is 3.15. The standard InChI is InChI=1S/C13H24O2/c1-4-6-9-13(15-5-2)10-7-8-12(11-13)14-3/h7-8,12H,4-6,9-11H2,1-3H3. The van der Waals surface area contributed by atoms with Gasteiger partial charge < -0.3 is 9.47 Å². The summed E-state index contributed by atoms with van der Waals surface area (Å²) in [6.07, 6.45) is 10.3. The maximum Gasteiger partial charge on any atom is 0.0779 e. The molecule has 0 saturated carbocycles. The molecule has 2 heteroatoms. The summed E-state index contributed by atoms with van der Waals surface area (Å²) in [4.78, 5) is 0. The van der Waals surface area contributed by atoms with E-state index in [2.05, 4.69) is 26.0 Å². The largest absolute Gasteiger partial charge is 0.377 e. The molecule has 0 saturated heterocycles. The van der Waals surface area contributed by atoms with Gasteiger partial charge >= 0.3 is 0 Å². The van der Waals surface area contributed by atoms with Crippen LogP contribution in [0, 0.1) is 0 Å². The van der Waals surface area contributed by atoms with Gasteiger partial charge in [0.1, 0.15) is 0 Å². The molecule has 2 nitrogen and oxygen atoms in total. The Bertz CT molecular complexity index is 201. The van der Waals surface area contributed by atoms with Crippen LogP contribution in [0.15, 0.2) is 12.2 Å². The molecule has 0 fully saturated rings. The van der Waals surface area contributed by atoms with Gasteiger partial charge in [0.25, 0.3) is 0 Å². The summed E-state index contributed by atoms with van der Waals surface area (Å²) in [6, 6.07) is 0. The maximum absolute atomic E-state index is 5.97. The number of hydrogen-bond donors (Lipinski definition) is 0. The molecule has 1 aliphatic carbocycles. The first-order chi connectivity index (χ1) is 7.26. The second-order valence-electron chi connectivity index (χ2n) is 4.33. The molecule has 2 atom stereocenters. The van der Waals surface area contributed by atoms with Gasteiger partial charge in [0.15, 0.2) is 0 Å². The Balaban J connectivity index is 2.60. The predicted molar refractivity (Wildman–Crippen MR) is 63.1 cm³/mol. The normalized spacial score (nSPS) is 30.7. The fourth-order valence-corrected chi connectivity index (χ4v) is 2.31. The second kappa shape index (κ2) is 6.29. The van der Waals surface area contributed by atoms with E-state index >= 15 is 0 Å². The summed E-state index contributed by atoms with van der Waals surface area (Å²) in [5.41, 5.74) is 0.0419. The summed E-state index contributed by atoms with van der Waals surface area (Å²) in [5, 5.41) is 0. The van der Waals surface area contributed by atoms with E-state index in [0.717, 1.165) is 25.9 Å². The predicted octanol–water partition coefficient (Wildman–Crippen LogP) is 3.32. The summed E-state index contributed by atoms with van der Waals surface area (Å²) in [7, 11) is 1.77. The van der Waals surface area contributed by atoms with Crippen LogP contribution in [-0.4, -0.2) is 25.4 Å². The Hall–Kier alpha value is -0.340. The molecular weight excluding hydrogens is 188 g/mol. The van der Waals surface area contributed by atoms with Crippen LogP contribution in [0.3, 0.4) is 0 Å². The van der Waals surface area contributed by atoms with Crippen molar-refractivity contribution in [3.05, 3.63) is 12.2 Å².